The Bertz CT molecular complexity index is 616. The summed E-state index contributed by atoms with van der Waals surface area (Å²) in [6.45, 7) is 0. The van der Waals surface area contributed by atoms with E-state index in [-0.39, 0.29) is 0 Å². The smallest absolute Gasteiger partial charge is 0.339 e. The maximum absolute atomic E-state index is 11.2. The van der Waals surface area contributed by atoms with Gasteiger partial charge in [-0.3, -0.25) is 5.21 Å². The fraction of sp³-hybridized carbons (Fsp3) is 0.357. The number of primary amides is 1. The fourth-order valence-corrected chi connectivity index (χ4v) is 2.81. The summed E-state index contributed by atoms with van der Waals surface area (Å²) in [5.41, 5.74) is 6.43. The van der Waals surface area contributed by atoms with Crippen molar-refractivity contribution < 1.29 is 14.4 Å². The number of nitrogens with two attached hydrogens (primary N) is 1. The molecule has 0 spiro atoms. The van der Waals surface area contributed by atoms with Gasteiger partial charge in [0.2, 0.25) is 0 Å². The predicted octanol–water partition coefficient (Wildman–Crippen LogP) is 2.67. The van der Waals surface area contributed by atoms with Crippen molar-refractivity contribution >= 4 is 17.0 Å². The van der Waals surface area contributed by atoms with Crippen molar-refractivity contribution in [2.24, 2.45) is 5.73 Å². The summed E-state index contributed by atoms with van der Waals surface area (Å²) in [5, 5.41) is 11.6. The highest BCUT2D eigenvalue weighted by Crippen LogP contribution is 2.41. The van der Waals surface area contributed by atoms with Crippen LogP contribution in [0.25, 0.3) is 11.0 Å². The number of nitrogens with zero attached hydrogens (tertiary/aromatic N) is 1. The summed E-state index contributed by atoms with van der Waals surface area (Å²) < 4.78 is 5.49. The maximum Gasteiger partial charge on any atom is 0.339 e. The number of rotatable bonds is 3. The van der Waals surface area contributed by atoms with Gasteiger partial charge in [-0.15, -0.1) is 0 Å². The summed E-state index contributed by atoms with van der Waals surface area (Å²) in [7, 11) is 0. The zero-order valence-corrected chi connectivity index (χ0v) is 10.5. The van der Waals surface area contributed by atoms with Crippen LogP contribution in [0, 0.1) is 0 Å². The second kappa shape index (κ2) is 4.28. The molecular weight excluding hydrogens is 244 g/mol. The Morgan fingerprint density at radius 2 is 2.16 bits per heavy atom. The molecule has 5 nitrogen and oxygen atoms in total. The van der Waals surface area contributed by atoms with E-state index in [2.05, 4.69) is 0 Å². The third-order valence-corrected chi connectivity index (χ3v) is 4.02. The molecule has 2 amide bonds. The van der Waals surface area contributed by atoms with Crippen LogP contribution in [0.15, 0.2) is 34.9 Å². The van der Waals surface area contributed by atoms with Crippen molar-refractivity contribution in [3.8, 4) is 0 Å². The van der Waals surface area contributed by atoms with Crippen LogP contribution in [0.2, 0.25) is 0 Å². The lowest BCUT2D eigenvalue weighted by Crippen LogP contribution is -2.57. The number of hydrogen-bond acceptors (Lipinski definition) is 3. The van der Waals surface area contributed by atoms with Gasteiger partial charge in [-0.25, -0.2) is 4.79 Å². The molecular formula is C14H16N2O3. The lowest BCUT2D eigenvalue weighted by molar-refractivity contribution is -0.154. The van der Waals surface area contributed by atoms with Crippen LogP contribution in [0.3, 0.4) is 0 Å². The Kier molecular flexibility index (Phi) is 2.71. The number of hydrogen-bond donors (Lipinski definition) is 2. The number of amides is 2. The zero-order valence-electron chi connectivity index (χ0n) is 10.5. The van der Waals surface area contributed by atoms with Gasteiger partial charge in [0.25, 0.3) is 0 Å². The quantitative estimate of drug-likeness (QED) is 0.657. The first-order valence-corrected chi connectivity index (χ1v) is 6.36. The predicted molar refractivity (Wildman–Crippen MR) is 69.7 cm³/mol. The molecule has 2 aromatic rings. The molecule has 19 heavy (non-hydrogen) atoms. The average Bonchev–Trinajstić information content (AvgIpc) is 2.76. The molecule has 1 aromatic heterocycles. The first-order chi connectivity index (χ1) is 9.12. The van der Waals surface area contributed by atoms with Gasteiger partial charge in [0.1, 0.15) is 5.58 Å². The van der Waals surface area contributed by atoms with Crippen LogP contribution in [0.5, 0.6) is 0 Å². The average molecular weight is 260 g/mol. The van der Waals surface area contributed by atoms with Crippen LogP contribution in [-0.4, -0.2) is 21.8 Å². The van der Waals surface area contributed by atoms with Gasteiger partial charge in [0.15, 0.2) is 0 Å². The highest BCUT2D eigenvalue weighted by atomic mass is 16.5. The summed E-state index contributed by atoms with van der Waals surface area (Å²) in [4.78, 5) is 11.2. The number of para-hydroxylation sites is 1. The number of benzene rings is 1. The normalized spacial score (nSPS) is 17.1. The molecule has 0 radical (unpaired) electrons. The minimum absolute atomic E-state index is 0.559. The van der Waals surface area contributed by atoms with Crippen LogP contribution in [0.4, 0.5) is 4.79 Å². The molecule has 1 aliphatic carbocycles. The van der Waals surface area contributed by atoms with E-state index < -0.39 is 11.6 Å². The van der Waals surface area contributed by atoms with E-state index in [0.29, 0.717) is 11.5 Å². The van der Waals surface area contributed by atoms with Gasteiger partial charge >= 0.3 is 6.03 Å². The first-order valence-electron chi connectivity index (χ1n) is 6.36. The second-order valence-electron chi connectivity index (χ2n) is 5.16. The van der Waals surface area contributed by atoms with Crippen molar-refractivity contribution in [2.75, 3.05) is 0 Å². The third kappa shape index (κ3) is 1.86. The van der Waals surface area contributed by atoms with E-state index >= 15 is 0 Å². The Morgan fingerprint density at radius 1 is 1.42 bits per heavy atom. The van der Waals surface area contributed by atoms with Gasteiger partial charge in [-0.05, 0) is 25.3 Å². The standard InChI is InChI=1S/C14H16N2O3/c15-13(17)16(18)14(6-3-7-14)8-10-9-19-12-5-2-1-4-11(10)12/h1-2,4-5,9,18H,3,6-8H2,(H2,15,17). The van der Waals surface area contributed by atoms with Gasteiger partial charge < -0.3 is 10.2 Å². The summed E-state index contributed by atoms with van der Waals surface area (Å²) in [6, 6.07) is 6.94. The van der Waals surface area contributed by atoms with E-state index in [9.17, 15) is 10.0 Å². The van der Waals surface area contributed by atoms with Crippen LogP contribution in [0.1, 0.15) is 24.8 Å². The molecule has 3 rings (SSSR count). The summed E-state index contributed by atoms with van der Waals surface area (Å²) in [5.74, 6) is 0. The molecule has 100 valence electrons. The molecule has 1 aliphatic rings. The fourth-order valence-electron chi connectivity index (χ4n) is 2.81. The Labute approximate surface area is 110 Å². The molecule has 0 aliphatic heterocycles. The van der Waals surface area contributed by atoms with E-state index in [1.807, 2.05) is 24.3 Å². The number of urea groups is 1. The largest absolute Gasteiger partial charge is 0.464 e. The molecule has 0 bridgehead atoms. The van der Waals surface area contributed by atoms with Gasteiger partial charge in [0, 0.05) is 17.4 Å². The van der Waals surface area contributed by atoms with Gasteiger partial charge in [0.05, 0.1) is 11.8 Å². The monoisotopic (exact) mass is 260 g/mol. The van der Waals surface area contributed by atoms with E-state index in [4.69, 9.17) is 10.2 Å². The van der Waals surface area contributed by atoms with Crippen LogP contribution < -0.4 is 5.73 Å². The molecule has 0 saturated heterocycles. The van der Waals surface area contributed by atoms with Gasteiger partial charge in [-0.2, -0.15) is 5.06 Å². The topological polar surface area (TPSA) is 79.7 Å². The highest BCUT2D eigenvalue weighted by molar-refractivity contribution is 5.81. The molecule has 0 atom stereocenters. The van der Waals surface area contributed by atoms with Crippen LogP contribution >= 0.6 is 0 Å². The van der Waals surface area contributed by atoms with Crippen molar-refractivity contribution in [1.82, 2.24) is 5.06 Å². The second-order valence-corrected chi connectivity index (χ2v) is 5.16. The van der Waals surface area contributed by atoms with Crippen molar-refractivity contribution in [2.45, 2.75) is 31.2 Å². The Morgan fingerprint density at radius 3 is 2.79 bits per heavy atom. The Hall–Kier alpha value is -2.01. The number of furan rings is 1. The van der Waals surface area contributed by atoms with Crippen molar-refractivity contribution in [3.05, 3.63) is 36.1 Å². The Balaban J connectivity index is 1.93. The molecule has 1 heterocycles. The number of carbonyl (C=O) groups is 1. The summed E-state index contributed by atoms with van der Waals surface area (Å²) in [6.07, 6.45) is 4.75. The number of carbonyl (C=O) groups excluding carboxylic acids is 1. The zero-order chi connectivity index (χ0) is 13.5. The highest BCUT2D eigenvalue weighted by Gasteiger charge is 2.45. The van der Waals surface area contributed by atoms with E-state index in [1.165, 1.54) is 0 Å². The molecule has 1 fully saturated rings. The minimum atomic E-state index is -0.799. The lowest BCUT2D eigenvalue weighted by Gasteiger charge is -2.45. The lowest BCUT2D eigenvalue weighted by atomic mass is 9.72. The minimum Gasteiger partial charge on any atom is -0.464 e. The first kappa shape index (κ1) is 12.0. The third-order valence-electron chi connectivity index (χ3n) is 4.02. The number of hydroxylamine groups is 2. The van der Waals surface area contributed by atoms with Crippen LogP contribution in [-0.2, 0) is 6.42 Å². The van der Waals surface area contributed by atoms with E-state index in [0.717, 1.165) is 35.8 Å². The van der Waals surface area contributed by atoms with Gasteiger partial charge in [-0.1, -0.05) is 18.2 Å². The SMILES string of the molecule is NC(=O)N(O)C1(Cc2coc3ccccc23)CCC1. The molecule has 1 aromatic carbocycles. The van der Waals surface area contributed by atoms with E-state index in [1.54, 1.807) is 6.26 Å². The van der Waals surface area contributed by atoms with Crippen molar-refractivity contribution in [1.29, 1.82) is 0 Å². The summed E-state index contributed by atoms with van der Waals surface area (Å²) >= 11 is 0. The molecule has 5 heteroatoms. The number of fused-ring (bicyclic) bond motifs is 1. The maximum atomic E-state index is 11.2. The molecule has 0 unspecified atom stereocenters. The molecule has 1 saturated carbocycles. The van der Waals surface area contributed by atoms with Crippen molar-refractivity contribution in [3.63, 3.8) is 0 Å². The molecule has 3 N–H and O–H groups in total.